The molecule has 0 aromatic carbocycles. The van der Waals surface area contributed by atoms with Crippen molar-refractivity contribution in [3.8, 4) is 5.88 Å². The van der Waals surface area contributed by atoms with E-state index in [-0.39, 0.29) is 11.9 Å². The highest BCUT2D eigenvalue weighted by atomic mass is 32.2. The molecule has 0 spiro atoms. The molecule has 2 heterocycles. The molecule has 18 heavy (non-hydrogen) atoms. The van der Waals surface area contributed by atoms with Crippen LogP contribution in [0.2, 0.25) is 0 Å². The molecule has 1 saturated heterocycles. The number of aromatic nitrogens is 1. The fraction of sp³-hybridized carbons (Fsp3) is 0.500. The second-order valence-corrected chi connectivity index (χ2v) is 5.16. The number of nitrogens with one attached hydrogen (secondary N) is 2. The van der Waals surface area contributed by atoms with Crippen LogP contribution in [0.1, 0.15) is 5.56 Å². The van der Waals surface area contributed by atoms with Crippen LogP contribution < -0.4 is 15.4 Å². The van der Waals surface area contributed by atoms with Gasteiger partial charge in [-0.25, -0.2) is 4.98 Å². The maximum absolute atomic E-state index is 11.9. The van der Waals surface area contributed by atoms with E-state index in [1.807, 2.05) is 12.1 Å². The monoisotopic (exact) mass is 267 g/mol. The molecule has 1 amide bonds. The highest BCUT2D eigenvalue weighted by molar-refractivity contribution is 7.99. The van der Waals surface area contributed by atoms with Crippen LogP contribution in [0.3, 0.4) is 0 Å². The van der Waals surface area contributed by atoms with E-state index >= 15 is 0 Å². The zero-order valence-corrected chi connectivity index (χ0v) is 11.1. The van der Waals surface area contributed by atoms with E-state index in [2.05, 4.69) is 15.6 Å². The minimum absolute atomic E-state index is 0.0537. The molecule has 0 saturated carbocycles. The summed E-state index contributed by atoms with van der Waals surface area (Å²) in [7, 11) is 1.58. The topological polar surface area (TPSA) is 63.2 Å². The van der Waals surface area contributed by atoms with Crippen molar-refractivity contribution in [3.05, 3.63) is 23.9 Å². The van der Waals surface area contributed by atoms with Gasteiger partial charge in [0.05, 0.1) is 13.2 Å². The molecule has 1 atom stereocenters. The number of ether oxygens (including phenoxy) is 1. The van der Waals surface area contributed by atoms with E-state index in [1.54, 1.807) is 25.1 Å². The Hall–Kier alpha value is -1.27. The van der Waals surface area contributed by atoms with Gasteiger partial charge in [-0.1, -0.05) is 0 Å². The Kier molecular flexibility index (Phi) is 4.83. The van der Waals surface area contributed by atoms with Gasteiger partial charge in [0.1, 0.15) is 0 Å². The van der Waals surface area contributed by atoms with Gasteiger partial charge in [0.25, 0.3) is 0 Å². The number of methoxy groups -OCH3 is 1. The first-order chi connectivity index (χ1) is 8.79. The Morgan fingerprint density at radius 1 is 1.72 bits per heavy atom. The highest BCUT2D eigenvalue weighted by Crippen LogP contribution is 2.10. The maximum Gasteiger partial charge on any atom is 0.238 e. The van der Waals surface area contributed by atoms with Crippen LogP contribution in [0.25, 0.3) is 0 Å². The van der Waals surface area contributed by atoms with Crippen LogP contribution in [0.5, 0.6) is 5.88 Å². The van der Waals surface area contributed by atoms with Crippen molar-refractivity contribution in [2.75, 3.05) is 25.2 Å². The lowest BCUT2D eigenvalue weighted by molar-refractivity contribution is -0.122. The molecule has 1 fully saturated rings. The molecule has 1 aromatic heterocycles. The molecule has 6 heteroatoms. The van der Waals surface area contributed by atoms with Crippen molar-refractivity contribution < 1.29 is 9.53 Å². The van der Waals surface area contributed by atoms with Gasteiger partial charge in [0.2, 0.25) is 11.8 Å². The van der Waals surface area contributed by atoms with Crippen molar-refractivity contribution in [3.63, 3.8) is 0 Å². The lowest BCUT2D eigenvalue weighted by Crippen LogP contribution is -2.48. The van der Waals surface area contributed by atoms with E-state index in [0.29, 0.717) is 12.4 Å². The number of hydrogen-bond donors (Lipinski definition) is 2. The summed E-state index contributed by atoms with van der Waals surface area (Å²) in [6, 6.07) is 3.61. The maximum atomic E-state index is 11.9. The first-order valence-corrected chi connectivity index (χ1v) is 7.03. The zero-order chi connectivity index (χ0) is 12.8. The molecule has 98 valence electrons. The SMILES string of the molecule is COc1cc(CNC(=O)C2CSCCN2)ccn1. The second kappa shape index (κ2) is 6.61. The number of pyridine rings is 1. The molecule has 1 aliphatic heterocycles. The normalized spacial score (nSPS) is 19.3. The minimum atomic E-state index is -0.0764. The number of rotatable bonds is 4. The van der Waals surface area contributed by atoms with Gasteiger partial charge in [0.15, 0.2) is 0 Å². The van der Waals surface area contributed by atoms with Gasteiger partial charge in [0, 0.05) is 36.9 Å². The summed E-state index contributed by atoms with van der Waals surface area (Å²) in [4.78, 5) is 15.9. The van der Waals surface area contributed by atoms with E-state index in [1.165, 1.54) is 0 Å². The average molecular weight is 267 g/mol. The lowest BCUT2D eigenvalue weighted by atomic mass is 10.2. The fourth-order valence-electron chi connectivity index (χ4n) is 1.72. The highest BCUT2D eigenvalue weighted by Gasteiger charge is 2.20. The number of hydrogen-bond acceptors (Lipinski definition) is 5. The third-order valence-corrected chi connectivity index (χ3v) is 3.78. The van der Waals surface area contributed by atoms with Gasteiger partial charge in [-0.2, -0.15) is 11.8 Å². The van der Waals surface area contributed by atoms with E-state index in [4.69, 9.17) is 4.74 Å². The average Bonchev–Trinajstić information content (AvgIpc) is 2.46. The number of thioether (sulfide) groups is 1. The van der Waals surface area contributed by atoms with Crippen LogP contribution >= 0.6 is 11.8 Å². The smallest absolute Gasteiger partial charge is 0.238 e. The Morgan fingerprint density at radius 3 is 3.33 bits per heavy atom. The molecule has 2 rings (SSSR count). The summed E-state index contributed by atoms with van der Waals surface area (Å²) in [6.45, 7) is 1.40. The van der Waals surface area contributed by atoms with Gasteiger partial charge in [-0.15, -0.1) is 0 Å². The van der Waals surface area contributed by atoms with Gasteiger partial charge < -0.3 is 15.4 Å². The Balaban J connectivity index is 1.84. The second-order valence-electron chi connectivity index (χ2n) is 4.01. The summed E-state index contributed by atoms with van der Waals surface area (Å²) >= 11 is 1.81. The quantitative estimate of drug-likeness (QED) is 0.827. The first-order valence-electron chi connectivity index (χ1n) is 5.87. The molecule has 0 aliphatic carbocycles. The molecular formula is C12H17N3O2S. The van der Waals surface area contributed by atoms with Crippen LogP contribution in [0, 0.1) is 0 Å². The van der Waals surface area contributed by atoms with E-state index in [9.17, 15) is 4.79 Å². The van der Waals surface area contributed by atoms with Gasteiger partial charge in [-0.3, -0.25) is 4.79 Å². The number of carbonyl (C=O) groups excluding carboxylic acids is 1. The largest absolute Gasteiger partial charge is 0.481 e. The minimum Gasteiger partial charge on any atom is -0.481 e. The Bertz CT molecular complexity index is 408. The molecule has 5 nitrogen and oxygen atoms in total. The zero-order valence-electron chi connectivity index (χ0n) is 10.3. The van der Waals surface area contributed by atoms with Crippen LogP contribution in [0.15, 0.2) is 18.3 Å². The van der Waals surface area contributed by atoms with Crippen LogP contribution in [-0.2, 0) is 11.3 Å². The fourth-order valence-corrected chi connectivity index (χ4v) is 2.65. The van der Waals surface area contributed by atoms with Crippen molar-refractivity contribution >= 4 is 17.7 Å². The summed E-state index contributed by atoms with van der Waals surface area (Å²) in [5, 5.41) is 6.13. The standard InChI is InChI=1S/C12H17N3O2S/c1-17-11-6-9(2-3-14-11)7-15-12(16)10-8-18-5-4-13-10/h2-3,6,10,13H,4-5,7-8H2,1H3,(H,15,16). The molecule has 1 aliphatic rings. The number of amides is 1. The molecular weight excluding hydrogens is 250 g/mol. The predicted molar refractivity (Wildman–Crippen MR) is 71.8 cm³/mol. The van der Waals surface area contributed by atoms with E-state index in [0.717, 1.165) is 23.6 Å². The van der Waals surface area contributed by atoms with E-state index < -0.39 is 0 Å². The molecule has 2 N–H and O–H groups in total. The third kappa shape index (κ3) is 3.61. The van der Waals surface area contributed by atoms with Gasteiger partial charge in [-0.05, 0) is 11.6 Å². The predicted octanol–water partition coefficient (Wildman–Crippen LogP) is 0.411. The summed E-state index contributed by atoms with van der Waals surface area (Å²) in [5.74, 6) is 2.53. The Morgan fingerprint density at radius 2 is 2.61 bits per heavy atom. The third-order valence-electron chi connectivity index (χ3n) is 2.71. The van der Waals surface area contributed by atoms with Crippen LogP contribution in [0.4, 0.5) is 0 Å². The molecule has 1 aromatic rings. The molecule has 0 bridgehead atoms. The summed E-state index contributed by atoms with van der Waals surface area (Å²) in [5.41, 5.74) is 0.985. The number of nitrogens with zero attached hydrogens (tertiary/aromatic N) is 1. The molecule has 1 unspecified atom stereocenters. The van der Waals surface area contributed by atoms with Crippen molar-refractivity contribution in [2.24, 2.45) is 0 Å². The Labute approximate surface area is 111 Å². The first kappa shape index (κ1) is 13.2. The van der Waals surface area contributed by atoms with Crippen molar-refractivity contribution in [1.29, 1.82) is 0 Å². The van der Waals surface area contributed by atoms with Crippen molar-refractivity contribution in [2.45, 2.75) is 12.6 Å². The summed E-state index contributed by atoms with van der Waals surface area (Å²) < 4.78 is 5.04. The summed E-state index contributed by atoms with van der Waals surface area (Å²) in [6.07, 6.45) is 1.68. The van der Waals surface area contributed by atoms with Crippen LogP contribution in [-0.4, -0.2) is 42.1 Å². The lowest BCUT2D eigenvalue weighted by Gasteiger charge is -2.22. The van der Waals surface area contributed by atoms with Crippen molar-refractivity contribution in [1.82, 2.24) is 15.6 Å². The van der Waals surface area contributed by atoms with Gasteiger partial charge >= 0.3 is 0 Å². The number of carbonyl (C=O) groups is 1. The molecule has 0 radical (unpaired) electrons.